The van der Waals surface area contributed by atoms with Crippen LogP contribution in [0.1, 0.15) is 10.4 Å². The fourth-order valence-electron chi connectivity index (χ4n) is 2.60. The van der Waals surface area contributed by atoms with Crippen molar-refractivity contribution in [2.45, 2.75) is 0 Å². The fraction of sp³-hybridized carbons (Fsp3) is 0.105. The van der Waals surface area contributed by atoms with Gasteiger partial charge in [-0.05, 0) is 42.5 Å². The summed E-state index contributed by atoms with van der Waals surface area (Å²) in [6, 6.07) is 9.47. The molecule has 154 valence electrons. The van der Waals surface area contributed by atoms with Gasteiger partial charge in [-0.2, -0.15) is 5.10 Å². The van der Waals surface area contributed by atoms with Gasteiger partial charge >= 0.3 is 6.03 Å². The number of methoxy groups -OCH3 is 1. The minimum atomic E-state index is -1.43. The molecule has 2 aromatic rings. The molecule has 0 aliphatic carbocycles. The Morgan fingerprint density at radius 1 is 1.17 bits per heavy atom. The molecule has 0 radical (unpaired) electrons. The molecule has 0 bridgehead atoms. The Bertz CT molecular complexity index is 1060. The summed E-state index contributed by atoms with van der Waals surface area (Å²) in [5.41, 5.74) is 2.52. The molecular formula is C19H14Cl2N4O5. The number of hydrogen-bond donors (Lipinski definition) is 2. The second-order valence-corrected chi connectivity index (χ2v) is 6.83. The van der Waals surface area contributed by atoms with Crippen LogP contribution in [0.25, 0.3) is 0 Å². The zero-order valence-corrected chi connectivity index (χ0v) is 16.9. The van der Waals surface area contributed by atoms with Gasteiger partial charge in [-0.15, -0.1) is 0 Å². The number of urea groups is 1. The number of hydrogen-bond acceptors (Lipinski definition) is 6. The number of barbiturate groups is 1. The monoisotopic (exact) mass is 448 g/mol. The molecule has 0 spiro atoms. The molecule has 1 atom stereocenters. The Hall–Kier alpha value is -3.43. The number of hydrazone groups is 1. The van der Waals surface area contributed by atoms with Crippen molar-refractivity contribution in [1.29, 1.82) is 0 Å². The number of anilines is 1. The average molecular weight is 449 g/mol. The molecule has 5 amide bonds. The van der Waals surface area contributed by atoms with E-state index in [1.54, 1.807) is 12.1 Å². The molecule has 0 saturated carbocycles. The number of nitrogens with zero attached hydrogens (tertiary/aromatic N) is 2. The SMILES string of the molecule is COc1ccc(N2C(=O)NC(=O)C(C=NNC(=O)c3ccc(Cl)cc3Cl)C2=O)cc1. The molecule has 0 aromatic heterocycles. The number of rotatable bonds is 5. The number of carbonyl (C=O) groups excluding carboxylic acids is 4. The van der Waals surface area contributed by atoms with Gasteiger partial charge < -0.3 is 4.74 Å². The van der Waals surface area contributed by atoms with E-state index >= 15 is 0 Å². The lowest BCUT2D eigenvalue weighted by Gasteiger charge is -2.28. The van der Waals surface area contributed by atoms with Crippen LogP contribution in [-0.2, 0) is 9.59 Å². The normalized spacial score (nSPS) is 16.6. The first-order valence-electron chi connectivity index (χ1n) is 8.43. The number of amides is 5. The van der Waals surface area contributed by atoms with Crippen LogP contribution >= 0.6 is 23.2 Å². The van der Waals surface area contributed by atoms with Crippen molar-refractivity contribution in [2.24, 2.45) is 11.0 Å². The van der Waals surface area contributed by atoms with Gasteiger partial charge in [-0.1, -0.05) is 23.2 Å². The summed E-state index contributed by atoms with van der Waals surface area (Å²) in [6.45, 7) is 0. The van der Waals surface area contributed by atoms with E-state index in [2.05, 4.69) is 15.8 Å². The van der Waals surface area contributed by atoms with Crippen LogP contribution in [0.15, 0.2) is 47.6 Å². The standard InChI is InChI=1S/C19H14Cl2N4O5/c1-30-12-5-3-11(4-6-12)25-18(28)14(16(26)23-19(25)29)9-22-24-17(27)13-7-2-10(20)8-15(13)21/h2-9,14H,1H3,(H,24,27)(H,23,26,29). The first-order chi connectivity index (χ1) is 14.3. The van der Waals surface area contributed by atoms with Crippen LogP contribution in [0.3, 0.4) is 0 Å². The molecule has 11 heteroatoms. The predicted octanol–water partition coefficient (Wildman–Crippen LogP) is 2.62. The Balaban J connectivity index is 1.75. The molecule has 2 N–H and O–H groups in total. The Morgan fingerprint density at radius 3 is 2.50 bits per heavy atom. The van der Waals surface area contributed by atoms with Crippen molar-refractivity contribution in [1.82, 2.24) is 10.7 Å². The van der Waals surface area contributed by atoms with Crippen molar-refractivity contribution < 1.29 is 23.9 Å². The Labute approximate surface area is 180 Å². The summed E-state index contributed by atoms with van der Waals surface area (Å²) in [7, 11) is 1.48. The van der Waals surface area contributed by atoms with E-state index in [1.165, 1.54) is 37.4 Å². The summed E-state index contributed by atoms with van der Waals surface area (Å²) in [6.07, 6.45) is 0.933. The lowest BCUT2D eigenvalue weighted by atomic mass is 10.1. The van der Waals surface area contributed by atoms with Crippen LogP contribution in [0, 0.1) is 5.92 Å². The average Bonchev–Trinajstić information content (AvgIpc) is 2.70. The molecule has 1 fully saturated rings. The van der Waals surface area contributed by atoms with Crippen molar-refractivity contribution in [2.75, 3.05) is 12.0 Å². The maximum Gasteiger partial charge on any atom is 0.335 e. The minimum absolute atomic E-state index is 0.104. The number of benzene rings is 2. The van der Waals surface area contributed by atoms with Crippen LogP contribution in [0.5, 0.6) is 5.75 Å². The van der Waals surface area contributed by atoms with Crippen LogP contribution in [-0.4, -0.2) is 37.1 Å². The molecule has 2 aromatic carbocycles. The quantitative estimate of drug-likeness (QED) is 0.414. The molecule has 1 aliphatic rings. The molecule has 1 aliphatic heterocycles. The van der Waals surface area contributed by atoms with Gasteiger partial charge in [0.2, 0.25) is 5.91 Å². The first-order valence-corrected chi connectivity index (χ1v) is 9.19. The summed E-state index contributed by atoms with van der Waals surface area (Å²) >= 11 is 11.7. The minimum Gasteiger partial charge on any atom is -0.497 e. The molecule has 1 heterocycles. The predicted molar refractivity (Wildman–Crippen MR) is 110 cm³/mol. The maximum absolute atomic E-state index is 12.7. The number of ether oxygens (including phenoxy) is 1. The van der Waals surface area contributed by atoms with Gasteiger partial charge in [0.1, 0.15) is 5.75 Å². The highest BCUT2D eigenvalue weighted by Gasteiger charge is 2.40. The smallest absolute Gasteiger partial charge is 0.335 e. The first kappa shape index (κ1) is 21.3. The molecular weight excluding hydrogens is 435 g/mol. The van der Waals surface area contributed by atoms with Crippen molar-refractivity contribution >= 4 is 58.9 Å². The molecule has 3 rings (SSSR count). The number of halogens is 2. The maximum atomic E-state index is 12.7. The highest BCUT2D eigenvalue weighted by Crippen LogP contribution is 2.23. The molecule has 30 heavy (non-hydrogen) atoms. The topological polar surface area (TPSA) is 117 Å². The van der Waals surface area contributed by atoms with E-state index in [-0.39, 0.29) is 16.3 Å². The number of carbonyl (C=O) groups is 4. The second-order valence-electron chi connectivity index (χ2n) is 5.99. The highest BCUT2D eigenvalue weighted by atomic mass is 35.5. The summed E-state index contributed by atoms with van der Waals surface area (Å²) in [4.78, 5) is 49.9. The van der Waals surface area contributed by atoms with Crippen LogP contribution < -0.4 is 20.4 Å². The van der Waals surface area contributed by atoms with Gasteiger partial charge in [0.25, 0.3) is 11.8 Å². The van der Waals surface area contributed by atoms with Crippen molar-refractivity contribution in [3.63, 3.8) is 0 Å². The van der Waals surface area contributed by atoms with E-state index in [0.717, 1.165) is 11.1 Å². The highest BCUT2D eigenvalue weighted by molar-refractivity contribution is 6.37. The summed E-state index contributed by atoms with van der Waals surface area (Å²) < 4.78 is 5.04. The van der Waals surface area contributed by atoms with Crippen molar-refractivity contribution in [3.8, 4) is 5.75 Å². The third-order valence-electron chi connectivity index (χ3n) is 4.10. The van der Waals surface area contributed by atoms with Crippen LogP contribution in [0.4, 0.5) is 10.5 Å². The number of imide groups is 2. The molecule has 1 saturated heterocycles. The van der Waals surface area contributed by atoms with Gasteiger partial charge in [-0.25, -0.2) is 15.1 Å². The van der Waals surface area contributed by atoms with Gasteiger partial charge in [0.05, 0.1) is 23.4 Å². The Morgan fingerprint density at radius 2 is 1.87 bits per heavy atom. The van der Waals surface area contributed by atoms with E-state index in [4.69, 9.17) is 27.9 Å². The summed E-state index contributed by atoms with van der Waals surface area (Å²) in [5, 5.41) is 6.20. The fourth-order valence-corrected chi connectivity index (χ4v) is 3.10. The van der Waals surface area contributed by atoms with Gasteiger partial charge in [0, 0.05) is 11.2 Å². The van der Waals surface area contributed by atoms with E-state index in [9.17, 15) is 19.2 Å². The molecule has 1 unspecified atom stereocenters. The van der Waals surface area contributed by atoms with E-state index < -0.39 is 29.7 Å². The molecule has 9 nitrogen and oxygen atoms in total. The summed E-state index contributed by atoms with van der Waals surface area (Å²) in [5.74, 6) is -3.25. The van der Waals surface area contributed by atoms with Gasteiger partial charge in [-0.3, -0.25) is 19.7 Å². The lowest BCUT2D eigenvalue weighted by molar-refractivity contribution is -0.131. The largest absolute Gasteiger partial charge is 0.497 e. The lowest BCUT2D eigenvalue weighted by Crippen LogP contribution is -2.58. The Kier molecular flexibility index (Phi) is 6.34. The van der Waals surface area contributed by atoms with Gasteiger partial charge in [0.15, 0.2) is 5.92 Å². The van der Waals surface area contributed by atoms with Crippen molar-refractivity contribution in [3.05, 3.63) is 58.1 Å². The van der Waals surface area contributed by atoms with Crippen LogP contribution in [0.2, 0.25) is 10.0 Å². The van der Waals surface area contributed by atoms with E-state index in [1.807, 2.05) is 0 Å². The second kappa shape index (κ2) is 8.93. The number of nitrogens with one attached hydrogen (secondary N) is 2. The zero-order chi connectivity index (χ0) is 21.8. The third-order valence-corrected chi connectivity index (χ3v) is 4.65. The zero-order valence-electron chi connectivity index (χ0n) is 15.4. The third kappa shape index (κ3) is 4.42. The van der Waals surface area contributed by atoms with E-state index in [0.29, 0.717) is 10.8 Å².